The summed E-state index contributed by atoms with van der Waals surface area (Å²) >= 11 is 11.9. The lowest BCUT2D eigenvalue weighted by Crippen LogP contribution is -2.38. The van der Waals surface area contributed by atoms with Gasteiger partial charge in [0, 0.05) is 12.1 Å². The standard InChI is InChI=1S/C19H17Cl2N3O3/c1-11(27-16-8-7-12(20)9-14(16)21)19(26)24(2)10-17-22-15-6-4-3-5-13(15)18(25)23-17/h3-9,11H,10H2,1-2H3,(H,22,23,25). The first-order valence-electron chi connectivity index (χ1n) is 8.20. The van der Waals surface area contributed by atoms with Crippen molar-refractivity contribution in [2.24, 2.45) is 0 Å². The van der Waals surface area contributed by atoms with Crippen molar-refractivity contribution in [3.8, 4) is 5.75 Å². The molecule has 1 N–H and O–H groups in total. The second-order valence-electron chi connectivity index (χ2n) is 6.06. The van der Waals surface area contributed by atoms with E-state index in [9.17, 15) is 9.59 Å². The van der Waals surface area contributed by atoms with E-state index in [4.69, 9.17) is 27.9 Å². The van der Waals surface area contributed by atoms with Crippen LogP contribution in [-0.2, 0) is 11.3 Å². The number of fused-ring (bicyclic) bond motifs is 1. The zero-order chi connectivity index (χ0) is 19.6. The smallest absolute Gasteiger partial charge is 0.263 e. The monoisotopic (exact) mass is 405 g/mol. The van der Waals surface area contributed by atoms with Gasteiger partial charge in [0.25, 0.3) is 11.5 Å². The number of likely N-dealkylation sites (N-methyl/N-ethyl adjacent to an activating group) is 1. The number of carbonyl (C=O) groups excluding carboxylic acids is 1. The van der Waals surface area contributed by atoms with E-state index < -0.39 is 6.10 Å². The highest BCUT2D eigenvalue weighted by atomic mass is 35.5. The largest absolute Gasteiger partial charge is 0.479 e. The molecule has 0 aliphatic carbocycles. The average molecular weight is 406 g/mol. The van der Waals surface area contributed by atoms with Gasteiger partial charge < -0.3 is 14.6 Å². The van der Waals surface area contributed by atoms with Crippen molar-refractivity contribution in [3.05, 3.63) is 68.7 Å². The molecule has 0 saturated carbocycles. The lowest BCUT2D eigenvalue weighted by Gasteiger charge is -2.22. The van der Waals surface area contributed by atoms with Gasteiger partial charge in [0.05, 0.1) is 22.5 Å². The van der Waals surface area contributed by atoms with E-state index in [0.717, 1.165) is 0 Å². The summed E-state index contributed by atoms with van der Waals surface area (Å²) < 4.78 is 5.64. The minimum atomic E-state index is -0.777. The van der Waals surface area contributed by atoms with Crippen LogP contribution in [0, 0.1) is 0 Å². The second-order valence-corrected chi connectivity index (χ2v) is 6.90. The van der Waals surface area contributed by atoms with Gasteiger partial charge in [0.15, 0.2) is 6.10 Å². The molecule has 1 atom stereocenters. The summed E-state index contributed by atoms with van der Waals surface area (Å²) in [6, 6.07) is 11.8. The molecule has 0 saturated heterocycles. The maximum Gasteiger partial charge on any atom is 0.263 e. The van der Waals surface area contributed by atoms with Crippen LogP contribution in [0.25, 0.3) is 10.9 Å². The summed E-state index contributed by atoms with van der Waals surface area (Å²) in [6.07, 6.45) is -0.777. The topological polar surface area (TPSA) is 75.3 Å². The Hall–Kier alpha value is -2.57. The molecule has 3 aromatic rings. The van der Waals surface area contributed by atoms with Gasteiger partial charge in [-0.05, 0) is 37.3 Å². The van der Waals surface area contributed by atoms with Crippen LogP contribution >= 0.6 is 23.2 Å². The van der Waals surface area contributed by atoms with Gasteiger partial charge >= 0.3 is 0 Å². The lowest BCUT2D eigenvalue weighted by atomic mass is 10.2. The number of rotatable bonds is 5. The number of H-pyrrole nitrogens is 1. The molecule has 0 aliphatic rings. The van der Waals surface area contributed by atoms with Gasteiger partial charge in [-0.25, -0.2) is 4.98 Å². The van der Waals surface area contributed by atoms with Crippen LogP contribution < -0.4 is 10.3 Å². The Morgan fingerprint density at radius 2 is 2.00 bits per heavy atom. The zero-order valence-electron chi connectivity index (χ0n) is 14.7. The SMILES string of the molecule is CC(Oc1ccc(Cl)cc1Cl)C(=O)N(C)Cc1nc2ccccc2c(=O)[nH]1. The van der Waals surface area contributed by atoms with Crippen LogP contribution in [-0.4, -0.2) is 33.9 Å². The molecular weight excluding hydrogens is 389 g/mol. The fourth-order valence-corrected chi connectivity index (χ4v) is 3.09. The van der Waals surface area contributed by atoms with Gasteiger partial charge in [-0.15, -0.1) is 0 Å². The molecule has 0 spiro atoms. The van der Waals surface area contributed by atoms with Crippen molar-refractivity contribution >= 4 is 40.0 Å². The van der Waals surface area contributed by atoms with E-state index in [1.807, 2.05) is 0 Å². The number of aromatic nitrogens is 2. The fourth-order valence-electron chi connectivity index (χ4n) is 2.63. The van der Waals surface area contributed by atoms with Crippen molar-refractivity contribution in [1.82, 2.24) is 14.9 Å². The van der Waals surface area contributed by atoms with Crippen LogP contribution in [0.4, 0.5) is 0 Å². The third kappa shape index (κ3) is 4.40. The average Bonchev–Trinajstić information content (AvgIpc) is 2.63. The van der Waals surface area contributed by atoms with Crippen molar-refractivity contribution < 1.29 is 9.53 Å². The van der Waals surface area contributed by atoms with Crippen molar-refractivity contribution in [3.63, 3.8) is 0 Å². The van der Waals surface area contributed by atoms with Gasteiger partial charge in [-0.1, -0.05) is 35.3 Å². The highest BCUT2D eigenvalue weighted by molar-refractivity contribution is 6.35. The Bertz CT molecular complexity index is 1050. The van der Waals surface area contributed by atoms with E-state index in [-0.39, 0.29) is 18.0 Å². The Kier molecular flexibility index (Phi) is 5.68. The Labute approximate surface area is 165 Å². The summed E-state index contributed by atoms with van der Waals surface area (Å²) in [7, 11) is 1.61. The number of nitrogens with zero attached hydrogens (tertiary/aromatic N) is 2. The molecule has 0 bridgehead atoms. The van der Waals surface area contributed by atoms with Gasteiger partial charge in [0.2, 0.25) is 0 Å². The summed E-state index contributed by atoms with van der Waals surface area (Å²) in [5.41, 5.74) is 0.336. The van der Waals surface area contributed by atoms with Crippen molar-refractivity contribution in [2.45, 2.75) is 19.6 Å². The summed E-state index contributed by atoms with van der Waals surface area (Å²) in [4.78, 5) is 33.3. The maximum absolute atomic E-state index is 12.6. The first-order chi connectivity index (χ1) is 12.8. The van der Waals surface area contributed by atoms with E-state index in [1.54, 1.807) is 56.4 Å². The molecule has 1 heterocycles. The molecular formula is C19H17Cl2N3O3. The van der Waals surface area contributed by atoms with Crippen molar-refractivity contribution in [1.29, 1.82) is 0 Å². The van der Waals surface area contributed by atoms with Gasteiger partial charge in [-0.2, -0.15) is 0 Å². The molecule has 2 aromatic carbocycles. The quantitative estimate of drug-likeness (QED) is 0.702. The van der Waals surface area contributed by atoms with Crippen LogP contribution in [0.3, 0.4) is 0 Å². The number of halogens is 2. The first-order valence-corrected chi connectivity index (χ1v) is 8.95. The van der Waals surface area contributed by atoms with Gasteiger partial charge in [0.1, 0.15) is 11.6 Å². The molecule has 0 fully saturated rings. The molecule has 0 aliphatic heterocycles. The third-order valence-electron chi connectivity index (χ3n) is 3.97. The molecule has 27 heavy (non-hydrogen) atoms. The Balaban J connectivity index is 1.72. The van der Waals surface area contributed by atoms with Crippen LogP contribution in [0.2, 0.25) is 10.0 Å². The number of ether oxygens (including phenoxy) is 1. The van der Waals surface area contributed by atoms with E-state index in [1.165, 1.54) is 4.90 Å². The Morgan fingerprint density at radius 3 is 2.74 bits per heavy atom. The second kappa shape index (κ2) is 7.98. The third-order valence-corrected chi connectivity index (χ3v) is 4.50. The first kappa shape index (κ1) is 19.2. The van der Waals surface area contributed by atoms with Crippen LogP contribution in [0.5, 0.6) is 5.75 Å². The predicted octanol–water partition coefficient (Wildman–Crippen LogP) is 3.66. The van der Waals surface area contributed by atoms with Crippen LogP contribution in [0.1, 0.15) is 12.7 Å². The number of amides is 1. The number of aromatic amines is 1. The molecule has 6 nitrogen and oxygen atoms in total. The number of carbonyl (C=O) groups is 1. The van der Waals surface area contributed by atoms with E-state index in [2.05, 4.69) is 9.97 Å². The van der Waals surface area contributed by atoms with Crippen molar-refractivity contribution in [2.75, 3.05) is 7.05 Å². The maximum atomic E-state index is 12.6. The number of nitrogens with one attached hydrogen (secondary N) is 1. The summed E-state index contributed by atoms with van der Waals surface area (Å²) in [5.74, 6) is 0.482. The number of benzene rings is 2. The molecule has 3 rings (SSSR count). The summed E-state index contributed by atoms with van der Waals surface area (Å²) in [5, 5.41) is 1.31. The molecule has 1 unspecified atom stereocenters. The zero-order valence-corrected chi connectivity index (χ0v) is 16.2. The predicted molar refractivity (Wildman–Crippen MR) is 105 cm³/mol. The van der Waals surface area contributed by atoms with E-state index >= 15 is 0 Å². The fraction of sp³-hybridized carbons (Fsp3) is 0.211. The molecule has 8 heteroatoms. The van der Waals surface area contributed by atoms with E-state index in [0.29, 0.717) is 32.5 Å². The van der Waals surface area contributed by atoms with Gasteiger partial charge in [-0.3, -0.25) is 9.59 Å². The summed E-state index contributed by atoms with van der Waals surface area (Å²) in [6.45, 7) is 1.77. The molecule has 1 aromatic heterocycles. The molecule has 1 amide bonds. The number of hydrogen-bond acceptors (Lipinski definition) is 4. The Morgan fingerprint density at radius 1 is 1.26 bits per heavy atom. The molecule has 140 valence electrons. The number of hydrogen-bond donors (Lipinski definition) is 1. The van der Waals surface area contributed by atoms with Crippen LogP contribution in [0.15, 0.2) is 47.3 Å². The highest BCUT2D eigenvalue weighted by Gasteiger charge is 2.21. The highest BCUT2D eigenvalue weighted by Crippen LogP contribution is 2.28. The molecule has 0 radical (unpaired) electrons. The minimum Gasteiger partial charge on any atom is -0.479 e. The lowest BCUT2D eigenvalue weighted by molar-refractivity contribution is -0.137. The minimum absolute atomic E-state index is 0.140. The normalized spacial score (nSPS) is 12.0. The number of para-hydroxylation sites is 1.